The van der Waals surface area contributed by atoms with Crippen LogP contribution in [-0.4, -0.2) is 47.2 Å². The highest BCUT2D eigenvalue weighted by atomic mass is 19.4. The van der Waals surface area contributed by atoms with E-state index in [-0.39, 0.29) is 18.8 Å². The minimum absolute atomic E-state index is 0.0335. The fourth-order valence-electron chi connectivity index (χ4n) is 1.88. The Labute approximate surface area is 108 Å². The number of rotatable bonds is 2. The van der Waals surface area contributed by atoms with Crippen molar-refractivity contribution in [3.05, 3.63) is 17.8 Å². The molecule has 1 aromatic rings. The van der Waals surface area contributed by atoms with E-state index in [1.54, 1.807) is 4.90 Å². The van der Waals surface area contributed by atoms with E-state index in [0.717, 1.165) is 6.07 Å². The van der Waals surface area contributed by atoms with Crippen molar-refractivity contribution in [3.8, 4) is 0 Å². The number of hydrogen-bond acceptors (Lipinski definition) is 5. The first-order valence-corrected chi connectivity index (χ1v) is 5.82. The molecule has 1 aliphatic heterocycles. The maximum absolute atomic E-state index is 12.4. The number of aliphatic hydroxyl groups excluding tert-OH is 1. The third-order valence-corrected chi connectivity index (χ3v) is 2.94. The van der Waals surface area contributed by atoms with Crippen LogP contribution < -0.4 is 4.90 Å². The Morgan fingerprint density at radius 1 is 1.42 bits per heavy atom. The van der Waals surface area contributed by atoms with Crippen molar-refractivity contribution in [2.75, 3.05) is 24.7 Å². The molecule has 1 aliphatic rings. The molecule has 8 heteroatoms. The van der Waals surface area contributed by atoms with Crippen molar-refractivity contribution < 1.29 is 23.0 Å². The molecule has 2 unspecified atom stereocenters. The number of nitrogens with zero attached hydrogens (tertiary/aromatic N) is 3. The molecule has 2 heterocycles. The summed E-state index contributed by atoms with van der Waals surface area (Å²) in [4.78, 5) is 1.78. The number of hydrogen-bond donors (Lipinski definition) is 1. The Hall–Kier alpha value is -1.41. The van der Waals surface area contributed by atoms with Crippen molar-refractivity contribution in [1.82, 2.24) is 10.2 Å². The van der Waals surface area contributed by atoms with Crippen LogP contribution in [0.25, 0.3) is 0 Å². The van der Waals surface area contributed by atoms with Crippen molar-refractivity contribution in [2.45, 2.75) is 25.2 Å². The first-order chi connectivity index (χ1) is 8.91. The number of morpholine rings is 1. The number of halogens is 3. The molecule has 0 aliphatic carbocycles. The number of alkyl halides is 3. The molecule has 2 atom stereocenters. The van der Waals surface area contributed by atoms with E-state index in [1.165, 1.54) is 6.07 Å². The van der Waals surface area contributed by atoms with Crippen LogP contribution in [0.5, 0.6) is 0 Å². The maximum Gasteiger partial charge on any atom is 0.435 e. The lowest BCUT2D eigenvalue weighted by Crippen LogP contribution is -2.50. The molecule has 5 nitrogen and oxygen atoms in total. The summed E-state index contributed by atoms with van der Waals surface area (Å²) in [6, 6.07) is 2.15. The highest BCUT2D eigenvalue weighted by Gasteiger charge is 2.34. The normalized spacial score (nSPS) is 24.6. The number of anilines is 1. The molecule has 0 saturated carbocycles. The van der Waals surface area contributed by atoms with Gasteiger partial charge in [-0.25, -0.2) is 0 Å². The topological polar surface area (TPSA) is 58.5 Å². The minimum Gasteiger partial charge on any atom is -0.394 e. The van der Waals surface area contributed by atoms with E-state index in [1.807, 2.05) is 6.92 Å². The summed E-state index contributed by atoms with van der Waals surface area (Å²) in [5, 5.41) is 15.9. The van der Waals surface area contributed by atoms with Crippen LogP contribution in [-0.2, 0) is 10.9 Å². The Balaban J connectivity index is 2.16. The van der Waals surface area contributed by atoms with E-state index in [4.69, 9.17) is 9.84 Å². The van der Waals surface area contributed by atoms with E-state index in [2.05, 4.69) is 10.2 Å². The second-order valence-corrected chi connectivity index (χ2v) is 4.41. The van der Waals surface area contributed by atoms with Crippen molar-refractivity contribution in [3.63, 3.8) is 0 Å². The summed E-state index contributed by atoms with van der Waals surface area (Å²) in [7, 11) is 0. The Bertz CT molecular complexity index is 424. The minimum atomic E-state index is -4.49. The van der Waals surface area contributed by atoms with Gasteiger partial charge in [-0.1, -0.05) is 0 Å². The molecular formula is C11H14F3N3O2. The van der Waals surface area contributed by atoms with Crippen molar-refractivity contribution in [2.24, 2.45) is 0 Å². The smallest absolute Gasteiger partial charge is 0.394 e. The molecular weight excluding hydrogens is 263 g/mol. The molecule has 19 heavy (non-hydrogen) atoms. The highest BCUT2D eigenvalue weighted by Crippen LogP contribution is 2.28. The van der Waals surface area contributed by atoms with Gasteiger partial charge in [0.15, 0.2) is 11.5 Å². The van der Waals surface area contributed by atoms with E-state index < -0.39 is 11.9 Å². The van der Waals surface area contributed by atoms with Gasteiger partial charge in [-0.3, -0.25) is 0 Å². The van der Waals surface area contributed by atoms with Gasteiger partial charge < -0.3 is 14.7 Å². The molecule has 2 rings (SSSR count). The van der Waals surface area contributed by atoms with E-state index in [9.17, 15) is 13.2 Å². The van der Waals surface area contributed by atoms with Crippen LogP contribution in [0.3, 0.4) is 0 Å². The fraction of sp³-hybridized carbons (Fsp3) is 0.636. The van der Waals surface area contributed by atoms with E-state index >= 15 is 0 Å². The van der Waals surface area contributed by atoms with Gasteiger partial charge in [0, 0.05) is 6.54 Å². The lowest BCUT2D eigenvalue weighted by Gasteiger charge is -2.37. The maximum atomic E-state index is 12.4. The second-order valence-electron chi connectivity index (χ2n) is 4.41. The lowest BCUT2D eigenvalue weighted by molar-refractivity contribution is -0.141. The summed E-state index contributed by atoms with van der Waals surface area (Å²) in [5.41, 5.74) is -1.02. The zero-order valence-electron chi connectivity index (χ0n) is 10.3. The standard InChI is InChI=1S/C11H14F3N3O2/c1-7-6-19-8(5-18)4-17(7)10-3-2-9(15-16-10)11(12,13)14/h2-3,7-8,18H,4-6H2,1H3. The molecule has 0 radical (unpaired) electrons. The van der Waals surface area contributed by atoms with Crippen LogP contribution in [0.4, 0.5) is 19.0 Å². The molecule has 1 aromatic heterocycles. The third-order valence-electron chi connectivity index (χ3n) is 2.94. The highest BCUT2D eigenvalue weighted by molar-refractivity contribution is 5.39. The quantitative estimate of drug-likeness (QED) is 0.876. The monoisotopic (exact) mass is 277 g/mol. The summed E-state index contributed by atoms with van der Waals surface area (Å²) >= 11 is 0. The van der Waals surface area contributed by atoms with Crippen LogP contribution in [0.1, 0.15) is 12.6 Å². The number of ether oxygens (including phenoxy) is 1. The van der Waals surface area contributed by atoms with Gasteiger partial charge in [0.1, 0.15) is 0 Å². The third kappa shape index (κ3) is 3.13. The molecule has 1 fully saturated rings. The van der Waals surface area contributed by atoms with Crippen LogP contribution in [0.15, 0.2) is 12.1 Å². The van der Waals surface area contributed by atoms with Crippen LogP contribution in [0.2, 0.25) is 0 Å². The summed E-state index contributed by atoms with van der Waals surface area (Å²) in [6.45, 7) is 2.48. The van der Waals surface area contributed by atoms with Gasteiger partial charge in [0.25, 0.3) is 0 Å². The molecule has 1 saturated heterocycles. The fourth-order valence-corrected chi connectivity index (χ4v) is 1.88. The first kappa shape index (κ1) is 14.0. The van der Waals surface area contributed by atoms with Gasteiger partial charge in [0.2, 0.25) is 0 Å². The molecule has 0 amide bonds. The Morgan fingerprint density at radius 3 is 2.68 bits per heavy atom. The average molecular weight is 277 g/mol. The predicted octanol–water partition coefficient (Wildman–Crippen LogP) is 1.08. The van der Waals surface area contributed by atoms with Gasteiger partial charge in [-0.05, 0) is 19.1 Å². The first-order valence-electron chi connectivity index (χ1n) is 5.82. The predicted molar refractivity (Wildman–Crippen MR) is 60.7 cm³/mol. The zero-order chi connectivity index (χ0) is 14.0. The van der Waals surface area contributed by atoms with Crippen molar-refractivity contribution >= 4 is 5.82 Å². The van der Waals surface area contributed by atoms with Gasteiger partial charge in [-0.15, -0.1) is 10.2 Å². The number of aromatic nitrogens is 2. The number of aliphatic hydroxyl groups is 1. The zero-order valence-corrected chi connectivity index (χ0v) is 10.3. The van der Waals surface area contributed by atoms with E-state index in [0.29, 0.717) is 19.0 Å². The molecule has 106 valence electrons. The molecule has 0 bridgehead atoms. The molecule has 0 spiro atoms. The molecule has 0 aromatic carbocycles. The van der Waals surface area contributed by atoms with Gasteiger partial charge in [-0.2, -0.15) is 13.2 Å². The Morgan fingerprint density at radius 2 is 2.16 bits per heavy atom. The summed E-state index contributed by atoms with van der Waals surface area (Å²) in [5.74, 6) is 0.349. The van der Waals surface area contributed by atoms with Gasteiger partial charge >= 0.3 is 6.18 Å². The second kappa shape index (κ2) is 5.30. The largest absolute Gasteiger partial charge is 0.435 e. The van der Waals surface area contributed by atoms with Crippen LogP contribution >= 0.6 is 0 Å². The van der Waals surface area contributed by atoms with Gasteiger partial charge in [0.05, 0.1) is 25.4 Å². The van der Waals surface area contributed by atoms with Crippen LogP contribution in [0, 0.1) is 0 Å². The summed E-state index contributed by atoms with van der Waals surface area (Å²) < 4.78 is 42.5. The molecule has 1 N–H and O–H groups in total. The Kier molecular flexibility index (Phi) is 3.91. The lowest BCUT2D eigenvalue weighted by atomic mass is 10.2. The summed E-state index contributed by atoms with van der Waals surface area (Å²) in [6.07, 6.45) is -4.85. The average Bonchev–Trinajstić information content (AvgIpc) is 2.38. The SMILES string of the molecule is CC1COC(CO)CN1c1ccc(C(F)(F)F)nn1. The van der Waals surface area contributed by atoms with Crippen molar-refractivity contribution in [1.29, 1.82) is 0 Å².